The maximum Gasteiger partial charge on any atom is 0.224 e. The summed E-state index contributed by atoms with van der Waals surface area (Å²) in [6.45, 7) is 5.36. The summed E-state index contributed by atoms with van der Waals surface area (Å²) in [7, 11) is 0. The SMILES string of the molecule is CCNC(=NCCC(=O)N1CCc2sccc2C1)NCCc1c[nH]c2ccc(F)cc12. The number of aromatic nitrogens is 1. The second-order valence-electron chi connectivity index (χ2n) is 7.63. The second kappa shape index (κ2) is 9.96. The van der Waals surface area contributed by atoms with Crippen molar-refractivity contribution in [3.63, 3.8) is 0 Å². The summed E-state index contributed by atoms with van der Waals surface area (Å²) < 4.78 is 13.6. The highest BCUT2D eigenvalue weighted by Crippen LogP contribution is 2.24. The van der Waals surface area contributed by atoms with Crippen LogP contribution in [-0.4, -0.2) is 47.9 Å². The maximum atomic E-state index is 13.6. The summed E-state index contributed by atoms with van der Waals surface area (Å²) in [5.74, 6) is 0.613. The van der Waals surface area contributed by atoms with Crippen LogP contribution in [0.1, 0.15) is 29.3 Å². The van der Waals surface area contributed by atoms with E-state index in [0.29, 0.717) is 32.0 Å². The van der Waals surface area contributed by atoms with Gasteiger partial charge in [-0.05, 0) is 60.5 Å². The lowest BCUT2D eigenvalue weighted by Crippen LogP contribution is -2.39. The molecule has 0 atom stereocenters. The summed E-state index contributed by atoms with van der Waals surface area (Å²) in [4.78, 5) is 23.6. The number of benzene rings is 1. The highest BCUT2D eigenvalue weighted by atomic mass is 32.1. The van der Waals surface area contributed by atoms with Crippen LogP contribution < -0.4 is 10.6 Å². The molecule has 6 nitrogen and oxygen atoms in total. The van der Waals surface area contributed by atoms with Gasteiger partial charge in [0.1, 0.15) is 5.82 Å². The second-order valence-corrected chi connectivity index (χ2v) is 8.63. The van der Waals surface area contributed by atoms with E-state index in [9.17, 15) is 9.18 Å². The molecule has 1 aliphatic rings. The van der Waals surface area contributed by atoms with Crippen LogP contribution in [0.5, 0.6) is 0 Å². The Kier molecular flexibility index (Phi) is 6.86. The predicted molar refractivity (Wildman–Crippen MR) is 124 cm³/mol. The molecule has 3 heterocycles. The van der Waals surface area contributed by atoms with E-state index in [-0.39, 0.29) is 11.7 Å². The Labute approximate surface area is 185 Å². The van der Waals surface area contributed by atoms with E-state index in [1.54, 1.807) is 23.5 Å². The molecule has 2 aromatic heterocycles. The van der Waals surface area contributed by atoms with Crippen molar-refractivity contribution in [2.45, 2.75) is 32.7 Å². The molecule has 3 aromatic rings. The minimum Gasteiger partial charge on any atom is -0.361 e. The first-order valence-electron chi connectivity index (χ1n) is 10.7. The smallest absolute Gasteiger partial charge is 0.224 e. The van der Waals surface area contributed by atoms with Crippen LogP contribution in [0.4, 0.5) is 4.39 Å². The van der Waals surface area contributed by atoms with E-state index in [4.69, 9.17) is 0 Å². The lowest BCUT2D eigenvalue weighted by Gasteiger charge is -2.26. The van der Waals surface area contributed by atoms with Crippen LogP contribution in [0.15, 0.2) is 40.8 Å². The number of thiophene rings is 1. The number of halogens is 1. The Morgan fingerprint density at radius 3 is 3.10 bits per heavy atom. The molecule has 8 heteroatoms. The van der Waals surface area contributed by atoms with E-state index in [0.717, 1.165) is 42.4 Å². The monoisotopic (exact) mass is 441 g/mol. The van der Waals surface area contributed by atoms with Gasteiger partial charge in [-0.3, -0.25) is 9.79 Å². The summed E-state index contributed by atoms with van der Waals surface area (Å²) in [6, 6.07) is 6.89. The number of rotatable bonds is 7. The highest BCUT2D eigenvalue weighted by molar-refractivity contribution is 7.10. The molecular weight excluding hydrogens is 413 g/mol. The van der Waals surface area contributed by atoms with Crippen LogP contribution in [-0.2, 0) is 24.2 Å². The Morgan fingerprint density at radius 2 is 2.23 bits per heavy atom. The lowest BCUT2D eigenvalue weighted by atomic mass is 10.1. The zero-order valence-corrected chi connectivity index (χ0v) is 18.5. The molecule has 31 heavy (non-hydrogen) atoms. The summed E-state index contributed by atoms with van der Waals surface area (Å²) in [5.41, 5.74) is 3.27. The van der Waals surface area contributed by atoms with E-state index < -0.39 is 0 Å². The fourth-order valence-electron chi connectivity index (χ4n) is 3.90. The van der Waals surface area contributed by atoms with Gasteiger partial charge in [0.25, 0.3) is 0 Å². The minimum atomic E-state index is -0.232. The molecule has 1 aromatic carbocycles. The molecule has 0 aliphatic carbocycles. The number of carbonyl (C=O) groups excluding carboxylic acids is 1. The molecule has 164 valence electrons. The first-order chi connectivity index (χ1) is 15.1. The molecule has 0 unspecified atom stereocenters. The number of amides is 1. The number of aliphatic imine (C=N–C) groups is 1. The van der Waals surface area contributed by atoms with Crippen LogP contribution in [0.3, 0.4) is 0 Å². The Morgan fingerprint density at radius 1 is 1.32 bits per heavy atom. The number of guanidine groups is 1. The highest BCUT2D eigenvalue weighted by Gasteiger charge is 2.20. The van der Waals surface area contributed by atoms with Gasteiger partial charge in [-0.25, -0.2) is 4.39 Å². The molecule has 0 radical (unpaired) electrons. The van der Waals surface area contributed by atoms with Crippen molar-refractivity contribution >= 4 is 34.1 Å². The average molecular weight is 442 g/mol. The zero-order valence-electron chi connectivity index (χ0n) is 17.7. The van der Waals surface area contributed by atoms with Crippen LogP contribution in [0.25, 0.3) is 10.9 Å². The third kappa shape index (κ3) is 5.25. The van der Waals surface area contributed by atoms with E-state index in [1.807, 2.05) is 18.0 Å². The molecule has 0 saturated heterocycles. The van der Waals surface area contributed by atoms with Crippen LogP contribution >= 0.6 is 11.3 Å². The molecule has 0 bridgehead atoms. The van der Waals surface area contributed by atoms with Crippen molar-refractivity contribution in [3.05, 3.63) is 57.7 Å². The number of hydrogen-bond acceptors (Lipinski definition) is 3. The number of nitrogens with one attached hydrogen (secondary N) is 3. The molecular formula is C23H28FN5OS. The van der Waals surface area contributed by atoms with Gasteiger partial charge in [0.05, 0.1) is 6.54 Å². The zero-order chi connectivity index (χ0) is 21.6. The van der Waals surface area contributed by atoms with Crippen molar-refractivity contribution in [2.24, 2.45) is 4.99 Å². The van der Waals surface area contributed by atoms with Gasteiger partial charge in [0.2, 0.25) is 5.91 Å². The molecule has 0 spiro atoms. The van der Waals surface area contributed by atoms with Crippen molar-refractivity contribution in [2.75, 3.05) is 26.2 Å². The van der Waals surface area contributed by atoms with Gasteiger partial charge in [0.15, 0.2) is 5.96 Å². The lowest BCUT2D eigenvalue weighted by molar-refractivity contribution is -0.131. The normalized spacial score (nSPS) is 14.0. The quantitative estimate of drug-likeness (QED) is 0.389. The molecule has 4 rings (SSSR count). The average Bonchev–Trinajstić information content (AvgIpc) is 3.40. The third-order valence-electron chi connectivity index (χ3n) is 5.52. The van der Waals surface area contributed by atoms with E-state index in [2.05, 4.69) is 32.1 Å². The maximum absolute atomic E-state index is 13.6. The van der Waals surface area contributed by atoms with Gasteiger partial charge < -0.3 is 20.5 Å². The fourth-order valence-corrected chi connectivity index (χ4v) is 4.79. The minimum absolute atomic E-state index is 0.150. The van der Waals surface area contributed by atoms with E-state index >= 15 is 0 Å². The molecule has 0 saturated carbocycles. The first-order valence-corrected chi connectivity index (χ1v) is 11.6. The van der Waals surface area contributed by atoms with Gasteiger partial charge in [-0.1, -0.05) is 0 Å². The number of aromatic amines is 1. The van der Waals surface area contributed by atoms with Gasteiger partial charge in [0, 0.05) is 54.6 Å². The van der Waals surface area contributed by atoms with Crippen molar-refractivity contribution in [1.82, 2.24) is 20.5 Å². The molecule has 1 amide bonds. The van der Waals surface area contributed by atoms with Gasteiger partial charge >= 0.3 is 0 Å². The Bertz CT molecular complexity index is 1070. The molecule has 1 aliphatic heterocycles. The predicted octanol–water partition coefficient (Wildman–Crippen LogP) is 3.44. The van der Waals surface area contributed by atoms with Crippen molar-refractivity contribution < 1.29 is 9.18 Å². The van der Waals surface area contributed by atoms with Crippen molar-refractivity contribution in [3.8, 4) is 0 Å². The van der Waals surface area contributed by atoms with Crippen LogP contribution in [0.2, 0.25) is 0 Å². The molecule has 3 N–H and O–H groups in total. The first kappa shape index (κ1) is 21.4. The van der Waals surface area contributed by atoms with E-state index in [1.165, 1.54) is 16.5 Å². The van der Waals surface area contributed by atoms with Gasteiger partial charge in [-0.2, -0.15) is 0 Å². The topological polar surface area (TPSA) is 72.5 Å². The number of hydrogen-bond donors (Lipinski definition) is 3. The number of carbonyl (C=O) groups is 1. The number of nitrogens with zero attached hydrogens (tertiary/aromatic N) is 2. The van der Waals surface area contributed by atoms with Crippen molar-refractivity contribution in [1.29, 1.82) is 0 Å². The Balaban J connectivity index is 1.27. The standard InChI is InChI=1S/C23H28FN5OS/c1-2-25-23(26-9-5-16-14-28-20-4-3-18(24)13-19(16)20)27-10-6-22(30)29-11-7-21-17(15-29)8-12-31-21/h3-4,8,12-14,28H,2,5-7,9-11,15H2,1H3,(H2,25,26,27). The van der Waals surface area contributed by atoms with Gasteiger partial charge in [-0.15, -0.1) is 11.3 Å². The largest absolute Gasteiger partial charge is 0.361 e. The summed E-state index contributed by atoms with van der Waals surface area (Å²) >= 11 is 1.78. The van der Waals surface area contributed by atoms with Crippen LogP contribution in [0, 0.1) is 5.82 Å². The number of H-pyrrole nitrogens is 1. The number of fused-ring (bicyclic) bond motifs is 2. The Hall–Kier alpha value is -2.87. The fraction of sp³-hybridized carbons (Fsp3) is 0.391. The summed E-state index contributed by atoms with van der Waals surface area (Å²) in [6.07, 6.45) is 4.01. The molecule has 0 fully saturated rings. The third-order valence-corrected chi connectivity index (χ3v) is 6.54. The summed E-state index contributed by atoms with van der Waals surface area (Å²) in [5, 5.41) is 9.54.